The highest BCUT2D eigenvalue weighted by atomic mass is 19.1. The third-order valence-corrected chi connectivity index (χ3v) is 5.75. The SMILES string of the molecule is CC1CCCCC1.O=c1ccc(-c2ccc(-c3nc(-c4ccccc4)n[nH]3)c(F)c2)c[nH]1. The minimum atomic E-state index is -0.417. The van der Waals surface area contributed by atoms with Crippen molar-refractivity contribution in [2.75, 3.05) is 0 Å². The largest absolute Gasteiger partial charge is 0.328 e. The lowest BCUT2D eigenvalue weighted by atomic mass is 9.91. The van der Waals surface area contributed by atoms with Gasteiger partial charge in [0.15, 0.2) is 11.6 Å². The molecule has 0 saturated heterocycles. The number of halogens is 1. The Morgan fingerprint density at radius 2 is 1.66 bits per heavy atom. The summed E-state index contributed by atoms with van der Waals surface area (Å²) in [6, 6.07) is 17.4. The van der Waals surface area contributed by atoms with E-state index < -0.39 is 5.82 Å². The molecule has 5 rings (SSSR count). The fraction of sp³-hybridized carbons (Fsp3) is 0.269. The monoisotopic (exact) mass is 430 g/mol. The van der Waals surface area contributed by atoms with Gasteiger partial charge >= 0.3 is 0 Å². The van der Waals surface area contributed by atoms with E-state index in [0.29, 0.717) is 22.8 Å². The Labute approximate surface area is 186 Å². The first-order chi connectivity index (χ1) is 15.6. The first-order valence-electron chi connectivity index (χ1n) is 11.1. The van der Waals surface area contributed by atoms with Crippen LogP contribution in [0.3, 0.4) is 0 Å². The van der Waals surface area contributed by atoms with Crippen molar-refractivity contribution in [2.45, 2.75) is 39.0 Å². The minimum absolute atomic E-state index is 0.198. The van der Waals surface area contributed by atoms with Gasteiger partial charge in [-0.2, -0.15) is 5.10 Å². The van der Waals surface area contributed by atoms with Gasteiger partial charge in [-0.05, 0) is 35.2 Å². The number of benzene rings is 2. The van der Waals surface area contributed by atoms with Crippen LogP contribution in [0.5, 0.6) is 0 Å². The lowest BCUT2D eigenvalue weighted by Gasteiger charge is -2.15. The lowest BCUT2D eigenvalue weighted by Crippen LogP contribution is -2.01. The highest BCUT2D eigenvalue weighted by molar-refractivity contribution is 5.68. The smallest absolute Gasteiger partial charge is 0.247 e. The Morgan fingerprint density at radius 3 is 2.28 bits per heavy atom. The summed E-state index contributed by atoms with van der Waals surface area (Å²) in [6.07, 6.45) is 8.99. The standard InChI is InChI=1S/C19H13FN4O.C7H14/c20-16-10-13(14-7-9-17(25)21-11-14)6-8-15(16)19-22-18(23-24-19)12-4-2-1-3-5-12;1-7-5-3-2-4-6-7/h1-11H,(H,21,25)(H,22,23,24);7H,2-6H2,1H3. The topological polar surface area (TPSA) is 74.4 Å². The normalized spacial score (nSPS) is 13.9. The van der Waals surface area contributed by atoms with Gasteiger partial charge < -0.3 is 4.98 Å². The molecule has 0 aliphatic heterocycles. The van der Waals surface area contributed by atoms with Crippen LogP contribution in [-0.2, 0) is 0 Å². The Balaban J connectivity index is 0.000000300. The first-order valence-corrected chi connectivity index (χ1v) is 11.1. The summed E-state index contributed by atoms with van der Waals surface area (Å²) in [6.45, 7) is 2.36. The van der Waals surface area contributed by atoms with E-state index in [-0.39, 0.29) is 5.56 Å². The molecule has 2 aromatic carbocycles. The quantitative estimate of drug-likeness (QED) is 0.405. The van der Waals surface area contributed by atoms with Crippen molar-refractivity contribution in [3.63, 3.8) is 0 Å². The van der Waals surface area contributed by atoms with Crippen molar-refractivity contribution in [3.05, 3.63) is 83.0 Å². The van der Waals surface area contributed by atoms with E-state index in [1.165, 1.54) is 44.2 Å². The summed E-state index contributed by atoms with van der Waals surface area (Å²) < 4.78 is 14.6. The molecule has 1 aliphatic carbocycles. The van der Waals surface area contributed by atoms with Crippen LogP contribution in [0.2, 0.25) is 0 Å². The van der Waals surface area contributed by atoms with Crippen LogP contribution < -0.4 is 5.56 Å². The summed E-state index contributed by atoms with van der Waals surface area (Å²) in [5.41, 5.74) is 2.39. The average Bonchev–Trinajstić information content (AvgIpc) is 3.31. The number of nitrogens with one attached hydrogen (secondary N) is 2. The second-order valence-electron chi connectivity index (χ2n) is 8.25. The molecule has 2 aromatic heterocycles. The molecule has 6 heteroatoms. The highest BCUT2D eigenvalue weighted by Crippen LogP contribution is 2.27. The number of H-pyrrole nitrogens is 2. The van der Waals surface area contributed by atoms with Gasteiger partial charge in [0.05, 0.1) is 5.56 Å². The number of hydrogen-bond donors (Lipinski definition) is 2. The van der Waals surface area contributed by atoms with E-state index in [1.54, 1.807) is 24.4 Å². The molecule has 0 spiro atoms. The zero-order valence-electron chi connectivity index (χ0n) is 18.1. The summed E-state index contributed by atoms with van der Waals surface area (Å²) in [4.78, 5) is 18.1. The van der Waals surface area contributed by atoms with Crippen LogP contribution in [0.25, 0.3) is 33.9 Å². The highest BCUT2D eigenvalue weighted by Gasteiger charge is 2.13. The van der Waals surface area contributed by atoms with Gasteiger partial charge in [-0.3, -0.25) is 9.89 Å². The summed E-state index contributed by atoms with van der Waals surface area (Å²) in [5, 5.41) is 6.93. The molecule has 0 amide bonds. The molecule has 1 saturated carbocycles. The number of rotatable bonds is 3. The van der Waals surface area contributed by atoms with Gasteiger partial charge in [-0.25, -0.2) is 9.37 Å². The van der Waals surface area contributed by atoms with Gasteiger partial charge in [0.25, 0.3) is 0 Å². The molecular weight excluding hydrogens is 403 g/mol. The Morgan fingerprint density at radius 1 is 0.906 bits per heavy atom. The molecule has 0 atom stereocenters. The van der Waals surface area contributed by atoms with Gasteiger partial charge in [0.2, 0.25) is 5.56 Å². The molecule has 1 aliphatic rings. The van der Waals surface area contributed by atoms with Gasteiger partial charge in [-0.15, -0.1) is 0 Å². The average molecular weight is 431 g/mol. The first kappa shape index (κ1) is 21.7. The molecule has 32 heavy (non-hydrogen) atoms. The van der Waals surface area contributed by atoms with E-state index in [1.807, 2.05) is 30.3 Å². The Hall–Kier alpha value is -3.54. The molecule has 164 valence electrons. The van der Waals surface area contributed by atoms with Crippen molar-refractivity contribution in [2.24, 2.45) is 5.92 Å². The van der Waals surface area contributed by atoms with Crippen LogP contribution in [-0.4, -0.2) is 20.2 Å². The second kappa shape index (κ2) is 10.2. The van der Waals surface area contributed by atoms with Crippen LogP contribution in [0.1, 0.15) is 39.0 Å². The maximum atomic E-state index is 14.6. The number of aromatic nitrogens is 4. The minimum Gasteiger partial charge on any atom is -0.328 e. The number of pyridine rings is 1. The summed E-state index contributed by atoms with van der Waals surface area (Å²) in [7, 11) is 0. The van der Waals surface area contributed by atoms with Gasteiger partial charge in [-0.1, -0.05) is 75.4 Å². The maximum absolute atomic E-state index is 14.6. The lowest BCUT2D eigenvalue weighted by molar-refractivity contribution is 0.385. The summed E-state index contributed by atoms with van der Waals surface area (Å²) >= 11 is 0. The molecule has 0 radical (unpaired) electrons. The number of aromatic amines is 2. The molecule has 5 nitrogen and oxygen atoms in total. The van der Waals surface area contributed by atoms with Crippen molar-refractivity contribution in [3.8, 4) is 33.9 Å². The molecule has 4 aromatic rings. The van der Waals surface area contributed by atoms with Crippen LogP contribution in [0.15, 0.2) is 71.7 Å². The molecule has 0 unspecified atom stereocenters. The van der Waals surface area contributed by atoms with Crippen molar-refractivity contribution < 1.29 is 4.39 Å². The fourth-order valence-corrected chi connectivity index (χ4v) is 3.88. The van der Waals surface area contributed by atoms with E-state index >= 15 is 0 Å². The van der Waals surface area contributed by atoms with E-state index in [2.05, 4.69) is 27.1 Å². The Kier molecular flexibility index (Phi) is 6.90. The van der Waals surface area contributed by atoms with E-state index in [0.717, 1.165) is 17.0 Å². The predicted molar refractivity (Wildman–Crippen MR) is 126 cm³/mol. The molecule has 2 heterocycles. The van der Waals surface area contributed by atoms with Gasteiger partial charge in [0.1, 0.15) is 5.82 Å². The van der Waals surface area contributed by atoms with E-state index in [4.69, 9.17) is 0 Å². The number of hydrogen-bond acceptors (Lipinski definition) is 3. The van der Waals surface area contributed by atoms with Crippen LogP contribution >= 0.6 is 0 Å². The van der Waals surface area contributed by atoms with Gasteiger partial charge in [0, 0.05) is 17.8 Å². The maximum Gasteiger partial charge on any atom is 0.247 e. The second-order valence-corrected chi connectivity index (χ2v) is 8.25. The number of nitrogens with zero attached hydrogens (tertiary/aromatic N) is 2. The van der Waals surface area contributed by atoms with Crippen molar-refractivity contribution in [1.29, 1.82) is 0 Å². The molecular formula is C26H27FN4O. The molecule has 2 N–H and O–H groups in total. The fourth-order valence-electron chi connectivity index (χ4n) is 3.88. The van der Waals surface area contributed by atoms with Crippen molar-refractivity contribution >= 4 is 0 Å². The van der Waals surface area contributed by atoms with Crippen LogP contribution in [0, 0.1) is 11.7 Å². The third-order valence-electron chi connectivity index (χ3n) is 5.75. The Bertz CT molecular complexity index is 1190. The molecule has 0 bridgehead atoms. The third kappa shape index (κ3) is 5.38. The zero-order chi connectivity index (χ0) is 22.3. The molecule has 1 fully saturated rings. The van der Waals surface area contributed by atoms with Crippen LogP contribution in [0.4, 0.5) is 4.39 Å². The van der Waals surface area contributed by atoms with Crippen molar-refractivity contribution in [1.82, 2.24) is 20.2 Å². The predicted octanol–water partition coefficient (Wildman–Crippen LogP) is 6.22. The van der Waals surface area contributed by atoms with E-state index in [9.17, 15) is 9.18 Å². The summed E-state index contributed by atoms with van der Waals surface area (Å²) in [5.74, 6) is 1.50. The zero-order valence-corrected chi connectivity index (χ0v) is 18.1.